The first-order chi connectivity index (χ1) is 9.97. The summed E-state index contributed by atoms with van der Waals surface area (Å²) >= 11 is 22.7. The van der Waals surface area contributed by atoms with E-state index < -0.39 is 0 Å². The monoisotopic (exact) mass is 358 g/mol. The number of imidazole rings is 1. The van der Waals surface area contributed by atoms with Gasteiger partial charge in [0.1, 0.15) is 22.3 Å². The van der Waals surface area contributed by atoms with Gasteiger partial charge in [-0.15, -0.1) is 0 Å². The van der Waals surface area contributed by atoms with E-state index in [1.54, 1.807) is 34.3 Å². The maximum atomic E-state index is 6.23. The lowest BCUT2D eigenvalue weighted by Gasteiger charge is -2.10. The third kappa shape index (κ3) is 2.69. The molecule has 3 rings (SSSR count). The van der Waals surface area contributed by atoms with Crippen LogP contribution in [-0.4, -0.2) is 8.96 Å². The molecule has 7 heteroatoms. The summed E-state index contributed by atoms with van der Waals surface area (Å²) in [5, 5.41) is 1.19. The van der Waals surface area contributed by atoms with Crippen molar-refractivity contribution in [2.45, 2.75) is 6.92 Å². The lowest BCUT2D eigenvalue weighted by atomic mass is 10.3. The molecule has 0 saturated heterocycles. The van der Waals surface area contributed by atoms with Gasteiger partial charge >= 0.3 is 0 Å². The van der Waals surface area contributed by atoms with E-state index in [1.165, 1.54) is 0 Å². The molecule has 21 heavy (non-hydrogen) atoms. The topological polar surface area (TPSA) is 27.1 Å². The summed E-state index contributed by atoms with van der Waals surface area (Å²) in [4.78, 5) is 4.35. The molecule has 3 aromatic rings. The first-order valence-corrected chi connectivity index (χ1v) is 7.50. The molecule has 0 fully saturated rings. The number of nitrogens with zero attached hydrogens (tertiary/aromatic N) is 2. The SMILES string of the molecule is Cc1nc2cc(Cl)c(Oc3cccc(Cl)c3Cl)cc2n1S. The summed E-state index contributed by atoms with van der Waals surface area (Å²) in [6.45, 7) is 1.86. The third-order valence-electron chi connectivity index (χ3n) is 2.98. The van der Waals surface area contributed by atoms with E-state index in [4.69, 9.17) is 39.5 Å². The van der Waals surface area contributed by atoms with Crippen molar-refractivity contribution in [3.05, 3.63) is 51.2 Å². The number of ether oxygens (including phenoxy) is 1. The van der Waals surface area contributed by atoms with E-state index in [0.29, 0.717) is 26.6 Å². The molecule has 0 saturated carbocycles. The van der Waals surface area contributed by atoms with Gasteiger partial charge in [-0.3, -0.25) is 3.97 Å². The van der Waals surface area contributed by atoms with Crippen molar-refractivity contribution < 1.29 is 4.74 Å². The minimum absolute atomic E-state index is 0.339. The summed E-state index contributed by atoms with van der Waals surface area (Å²) < 4.78 is 7.43. The normalized spacial score (nSPS) is 11.1. The molecule has 0 bridgehead atoms. The number of aryl methyl sites for hydroxylation is 1. The summed E-state index contributed by atoms with van der Waals surface area (Å²) in [5.74, 6) is 1.67. The van der Waals surface area contributed by atoms with Gasteiger partial charge in [0.2, 0.25) is 0 Å². The fourth-order valence-corrected chi connectivity index (χ4v) is 2.68. The second kappa shape index (κ2) is 5.61. The maximum Gasteiger partial charge on any atom is 0.148 e. The van der Waals surface area contributed by atoms with E-state index >= 15 is 0 Å². The zero-order chi connectivity index (χ0) is 15.1. The molecule has 0 radical (unpaired) electrons. The quantitative estimate of drug-likeness (QED) is 0.586. The van der Waals surface area contributed by atoms with Crippen LogP contribution in [0.5, 0.6) is 11.5 Å². The van der Waals surface area contributed by atoms with Crippen LogP contribution in [0, 0.1) is 6.92 Å². The van der Waals surface area contributed by atoms with Crippen molar-refractivity contribution in [3.63, 3.8) is 0 Å². The highest BCUT2D eigenvalue weighted by atomic mass is 35.5. The molecule has 0 aliphatic rings. The van der Waals surface area contributed by atoms with Gasteiger partial charge in [0.25, 0.3) is 0 Å². The van der Waals surface area contributed by atoms with Crippen LogP contribution < -0.4 is 4.74 Å². The highest BCUT2D eigenvalue weighted by Crippen LogP contribution is 2.38. The largest absolute Gasteiger partial charge is 0.454 e. The number of aromatic nitrogens is 2. The molecule has 0 unspecified atom stereocenters. The van der Waals surface area contributed by atoms with Crippen molar-refractivity contribution in [2.75, 3.05) is 0 Å². The Morgan fingerprint density at radius 1 is 1.10 bits per heavy atom. The van der Waals surface area contributed by atoms with E-state index in [-0.39, 0.29) is 0 Å². The van der Waals surface area contributed by atoms with Crippen LogP contribution in [0.4, 0.5) is 0 Å². The number of thiol groups is 1. The van der Waals surface area contributed by atoms with Gasteiger partial charge in [-0.2, -0.15) is 0 Å². The van der Waals surface area contributed by atoms with Gasteiger partial charge < -0.3 is 4.74 Å². The zero-order valence-corrected chi connectivity index (χ0v) is 13.9. The molecule has 0 N–H and O–H groups in total. The van der Waals surface area contributed by atoms with Gasteiger partial charge in [-0.1, -0.05) is 53.7 Å². The molecule has 2 aromatic carbocycles. The number of hydrogen-bond donors (Lipinski definition) is 1. The van der Waals surface area contributed by atoms with Gasteiger partial charge in [-0.05, 0) is 25.1 Å². The Morgan fingerprint density at radius 3 is 2.62 bits per heavy atom. The predicted molar refractivity (Wildman–Crippen MR) is 90.4 cm³/mol. The predicted octanol–water partition coefficient (Wildman–Crippen LogP) is 5.79. The van der Waals surface area contributed by atoms with Crippen molar-refractivity contribution >= 4 is 58.7 Å². The molecule has 0 spiro atoms. The lowest BCUT2D eigenvalue weighted by Crippen LogP contribution is -1.88. The van der Waals surface area contributed by atoms with Gasteiger partial charge in [0.05, 0.1) is 21.1 Å². The summed E-state index contributed by atoms with van der Waals surface area (Å²) in [5.41, 5.74) is 1.55. The van der Waals surface area contributed by atoms with Crippen LogP contribution in [-0.2, 0) is 0 Å². The number of halogens is 3. The number of benzene rings is 2. The van der Waals surface area contributed by atoms with E-state index in [1.807, 2.05) is 6.92 Å². The Balaban J connectivity index is 2.10. The van der Waals surface area contributed by atoms with E-state index in [0.717, 1.165) is 16.9 Å². The van der Waals surface area contributed by atoms with Crippen LogP contribution in [0.2, 0.25) is 15.1 Å². The minimum atomic E-state index is 0.339. The second-order valence-corrected chi connectivity index (χ2v) is 5.99. The van der Waals surface area contributed by atoms with Crippen LogP contribution >= 0.6 is 47.6 Å². The third-order valence-corrected chi connectivity index (χ3v) is 4.58. The smallest absolute Gasteiger partial charge is 0.148 e. The maximum absolute atomic E-state index is 6.23. The second-order valence-electron chi connectivity index (χ2n) is 4.40. The molecule has 0 aliphatic heterocycles. The Labute approximate surface area is 141 Å². The average molecular weight is 360 g/mol. The van der Waals surface area contributed by atoms with Crippen LogP contribution in [0.25, 0.3) is 11.0 Å². The fourth-order valence-electron chi connectivity index (χ4n) is 1.95. The van der Waals surface area contributed by atoms with Crippen molar-refractivity contribution in [2.24, 2.45) is 0 Å². The molecule has 0 aliphatic carbocycles. The highest BCUT2D eigenvalue weighted by Gasteiger charge is 2.13. The molecule has 1 heterocycles. The Kier molecular flexibility index (Phi) is 3.97. The molecule has 0 amide bonds. The highest BCUT2D eigenvalue weighted by molar-refractivity contribution is 7.78. The Bertz CT molecular complexity index is 848. The molecule has 1 aromatic heterocycles. The summed E-state index contributed by atoms with van der Waals surface area (Å²) in [6.07, 6.45) is 0. The summed E-state index contributed by atoms with van der Waals surface area (Å²) in [6, 6.07) is 8.65. The zero-order valence-electron chi connectivity index (χ0n) is 10.8. The minimum Gasteiger partial charge on any atom is -0.454 e. The van der Waals surface area contributed by atoms with E-state index in [2.05, 4.69) is 17.8 Å². The van der Waals surface area contributed by atoms with Crippen LogP contribution in [0.3, 0.4) is 0 Å². The Morgan fingerprint density at radius 2 is 1.86 bits per heavy atom. The fraction of sp³-hybridized carbons (Fsp3) is 0.0714. The molecule has 3 nitrogen and oxygen atoms in total. The Hall–Kier alpha value is -1.07. The van der Waals surface area contributed by atoms with E-state index in [9.17, 15) is 0 Å². The van der Waals surface area contributed by atoms with Crippen molar-refractivity contribution in [3.8, 4) is 11.5 Å². The first-order valence-electron chi connectivity index (χ1n) is 5.97. The number of rotatable bonds is 2. The first kappa shape index (κ1) is 14.9. The molecule has 108 valence electrons. The van der Waals surface area contributed by atoms with Gasteiger partial charge in [-0.25, -0.2) is 4.98 Å². The molecular formula is C14H9Cl3N2OS. The van der Waals surface area contributed by atoms with Gasteiger partial charge in [0.15, 0.2) is 0 Å². The molecule has 0 atom stereocenters. The van der Waals surface area contributed by atoms with Crippen LogP contribution in [0.1, 0.15) is 5.82 Å². The molecular weight excluding hydrogens is 351 g/mol. The lowest BCUT2D eigenvalue weighted by molar-refractivity contribution is 0.484. The van der Waals surface area contributed by atoms with Gasteiger partial charge in [0, 0.05) is 6.07 Å². The summed E-state index contributed by atoms with van der Waals surface area (Å²) in [7, 11) is 0. The number of fused-ring (bicyclic) bond motifs is 1. The standard InChI is InChI=1S/C14H9Cl3N2OS/c1-7-18-10-5-9(16)13(6-11(10)19(7)21)20-12-4-2-3-8(15)14(12)17/h2-6,21H,1H3. The van der Waals surface area contributed by atoms with Crippen molar-refractivity contribution in [1.29, 1.82) is 0 Å². The average Bonchev–Trinajstić information content (AvgIpc) is 2.71. The van der Waals surface area contributed by atoms with Crippen LogP contribution in [0.15, 0.2) is 30.3 Å². The van der Waals surface area contributed by atoms with Crippen molar-refractivity contribution in [1.82, 2.24) is 8.96 Å². The number of hydrogen-bond acceptors (Lipinski definition) is 3.